The van der Waals surface area contributed by atoms with Crippen LogP contribution < -0.4 is 10.3 Å². The first-order valence-electron chi connectivity index (χ1n) is 5.51. The summed E-state index contributed by atoms with van der Waals surface area (Å²) in [6, 6.07) is 0. The van der Waals surface area contributed by atoms with Gasteiger partial charge in [-0.1, -0.05) is 0 Å². The van der Waals surface area contributed by atoms with Gasteiger partial charge in [-0.15, -0.1) is 0 Å². The lowest BCUT2D eigenvalue weighted by molar-refractivity contribution is 0.0526. The maximum atomic E-state index is 11.5. The maximum absolute atomic E-state index is 11.5. The number of aromatic amines is 1. The summed E-state index contributed by atoms with van der Waals surface area (Å²) in [6.45, 7) is 1.99. The monoisotopic (exact) mass is 264 g/mol. The Balaban J connectivity index is 2.41. The molecule has 8 heteroatoms. The molecule has 0 aliphatic heterocycles. The molecule has 2 aromatic rings. The number of rotatable bonds is 4. The first kappa shape index (κ1) is 12.8. The highest BCUT2D eigenvalue weighted by Gasteiger charge is 2.15. The van der Waals surface area contributed by atoms with Crippen LogP contribution in [0.1, 0.15) is 17.3 Å². The number of aromatic nitrogens is 4. The summed E-state index contributed by atoms with van der Waals surface area (Å²) in [5.74, 6) is -0.277. The average molecular weight is 264 g/mol. The van der Waals surface area contributed by atoms with E-state index in [1.807, 2.05) is 0 Å². The molecule has 0 spiro atoms. The van der Waals surface area contributed by atoms with Gasteiger partial charge in [-0.2, -0.15) is 5.10 Å². The predicted molar refractivity (Wildman–Crippen MR) is 64.5 cm³/mol. The standard InChI is InChI=1S/C11H12N4O4/c1-3-19-11(17)7-4-14-15(5-7)9-8(18-2)10(16)13-6-12-9/h4-6H,3H2,1-2H3,(H,12,13,16). The topological polar surface area (TPSA) is 99.1 Å². The van der Waals surface area contributed by atoms with Gasteiger partial charge < -0.3 is 14.5 Å². The fourth-order valence-corrected chi connectivity index (χ4v) is 1.48. The molecule has 2 aromatic heterocycles. The summed E-state index contributed by atoms with van der Waals surface area (Å²) in [4.78, 5) is 29.4. The summed E-state index contributed by atoms with van der Waals surface area (Å²) in [6.07, 6.45) is 3.98. The van der Waals surface area contributed by atoms with Crippen molar-refractivity contribution in [3.05, 3.63) is 34.6 Å². The van der Waals surface area contributed by atoms with Crippen LogP contribution in [0.25, 0.3) is 5.82 Å². The number of nitrogens with one attached hydrogen (secondary N) is 1. The Morgan fingerprint density at radius 3 is 3.00 bits per heavy atom. The second kappa shape index (κ2) is 5.34. The molecule has 0 fully saturated rings. The Hall–Kier alpha value is -2.64. The molecule has 1 N–H and O–H groups in total. The van der Waals surface area contributed by atoms with E-state index in [0.29, 0.717) is 0 Å². The molecule has 0 aliphatic carbocycles. The Bertz CT molecular complexity index is 646. The largest absolute Gasteiger partial charge is 0.488 e. The minimum absolute atomic E-state index is 0.0148. The van der Waals surface area contributed by atoms with Crippen LogP contribution in [0.3, 0.4) is 0 Å². The third-order valence-electron chi connectivity index (χ3n) is 2.31. The molecule has 0 saturated heterocycles. The molecular formula is C11H12N4O4. The van der Waals surface area contributed by atoms with Gasteiger partial charge in [-0.3, -0.25) is 4.79 Å². The van der Waals surface area contributed by atoms with E-state index in [-0.39, 0.29) is 23.7 Å². The summed E-state index contributed by atoms with van der Waals surface area (Å²) in [7, 11) is 1.35. The van der Waals surface area contributed by atoms with Gasteiger partial charge in [-0.25, -0.2) is 14.5 Å². The molecule has 2 rings (SSSR count). The molecular weight excluding hydrogens is 252 g/mol. The van der Waals surface area contributed by atoms with Crippen molar-refractivity contribution in [1.29, 1.82) is 0 Å². The van der Waals surface area contributed by atoms with Gasteiger partial charge >= 0.3 is 5.97 Å². The van der Waals surface area contributed by atoms with Crippen LogP contribution in [0.4, 0.5) is 0 Å². The molecule has 0 atom stereocenters. The lowest BCUT2D eigenvalue weighted by atomic mass is 10.4. The fraction of sp³-hybridized carbons (Fsp3) is 0.273. The number of H-pyrrole nitrogens is 1. The number of nitrogens with zero attached hydrogens (tertiary/aromatic N) is 3. The molecule has 100 valence electrons. The van der Waals surface area contributed by atoms with Crippen LogP contribution in [-0.2, 0) is 4.74 Å². The quantitative estimate of drug-likeness (QED) is 0.788. The Morgan fingerprint density at radius 1 is 1.53 bits per heavy atom. The number of hydrogen-bond acceptors (Lipinski definition) is 6. The maximum Gasteiger partial charge on any atom is 0.341 e. The normalized spacial score (nSPS) is 10.2. The van der Waals surface area contributed by atoms with E-state index >= 15 is 0 Å². The molecule has 0 radical (unpaired) electrons. The van der Waals surface area contributed by atoms with E-state index in [9.17, 15) is 9.59 Å². The van der Waals surface area contributed by atoms with Crippen molar-refractivity contribution in [2.75, 3.05) is 13.7 Å². The SMILES string of the molecule is CCOC(=O)c1cnn(-c2nc[nH]c(=O)c2OC)c1. The van der Waals surface area contributed by atoms with Gasteiger partial charge in [-0.05, 0) is 6.92 Å². The zero-order chi connectivity index (χ0) is 13.8. The molecule has 0 aromatic carbocycles. The van der Waals surface area contributed by atoms with Crippen LogP contribution in [-0.4, -0.2) is 39.4 Å². The number of esters is 1. The molecule has 0 aliphatic rings. The Kier molecular flexibility index (Phi) is 3.60. The number of carbonyl (C=O) groups excluding carboxylic acids is 1. The summed E-state index contributed by atoms with van der Waals surface area (Å²) in [5.41, 5.74) is -0.160. The van der Waals surface area contributed by atoms with E-state index < -0.39 is 11.5 Å². The Labute approximate surface area is 108 Å². The van der Waals surface area contributed by atoms with Crippen LogP contribution in [0.15, 0.2) is 23.5 Å². The van der Waals surface area contributed by atoms with Crippen molar-refractivity contribution >= 4 is 5.97 Å². The minimum Gasteiger partial charge on any atom is -0.488 e. The van der Waals surface area contributed by atoms with Crippen LogP contribution in [0.2, 0.25) is 0 Å². The third-order valence-corrected chi connectivity index (χ3v) is 2.31. The van der Waals surface area contributed by atoms with Gasteiger partial charge in [0.05, 0.1) is 31.8 Å². The number of ether oxygens (including phenoxy) is 2. The van der Waals surface area contributed by atoms with Crippen molar-refractivity contribution in [2.45, 2.75) is 6.92 Å². The molecule has 8 nitrogen and oxygen atoms in total. The van der Waals surface area contributed by atoms with Crippen molar-refractivity contribution in [3.8, 4) is 11.6 Å². The van der Waals surface area contributed by atoms with E-state index in [1.165, 1.54) is 30.5 Å². The zero-order valence-corrected chi connectivity index (χ0v) is 10.4. The summed E-state index contributed by atoms with van der Waals surface area (Å²) < 4.78 is 11.1. The molecule has 0 bridgehead atoms. The van der Waals surface area contributed by atoms with E-state index in [1.54, 1.807) is 6.92 Å². The van der Waals surface area contributed by atoms with Crippen LogP contribution >= 0.6 is 0 Å². The van der Waals surface area contributed by atoms with E-state index in [2.05, 4.69) is 15.1 Å². The fourth-order valence-electron chi connectivity index (χ4n) is 1.48. The molecule has 2 heterocycles. The van der Waals surface area contributed by atoms with E-state index in [4.69, 9.17) is 9.47 Å². The zero-order valence-electron chi connectivity index (χ0n) is 10.4. The van der Waals surface area contributed by atoms with Gasteiger partial charge in [0.25, 0.3) is 5.56 Å². The smallest absolute Gasteiger partial charge is 0.341 e. The van der Waals surface area contributed by atoms with Gasteiger partial charge in [0.15, 0.2) is 0 Å². The van der Waals surface area contributed by atoms with E-state index in [0.717, 1.165) is 0 Å². The summed E-state index contributed by atoms with van der Waals surface area (Å²) >= 11 is 0. The van der Waals surface area contributed by atoms with Gasteiger partial charge in [0, 0.05) is 6.20 Å². The lowest BCUT2D eigenvalue weighted by Gasteiger charge is -2.04. The van der Waals surface area contributed by atoms with Gasteiger partial charge in [0.2, 0.25) is 11.6 Å². The molecule has 0 saturated carbocycles. The second-order valence-corrected chi connectivity index (χ2v) is 3.48. The van der Waals surface area contributed by atoms with Crippen molar-refractivity contribution in [1.82, 2.24) is 19.7 Å². The van der Waals surface area contributed by atoms with Crippen molar-refractivity contribution in [2.24, 2.45) is 0 Å². The lowest BCUT2D eigenvalue weighted by Crippen LogP contribution is -2.14. The third kappa shape index (κ3) is 2.46. The summed E-state index contributed by atoms with van der Waals surface area (Å²) in [5, 5.41) is 3.96. The number of hydrogen-bond donors (Lipinski definition) is 1. The van der Waals surface area contributed by atoms with Gasteiger partial charge in [0.1, 0.15) is 0 Å². The van der Waals surface area contributed by atoms with Crippen molar-refractivity contribution < 1.29 is 14.3 Å². The first-order chi connectivity index (χ1) is 9.17. The second-order valence-electron chi connectivity index (χ2n) is 3.48. The number of carbonyl (C=O) groups is 1. The molecule has 0 amide bonds. The highest BCUT2D eigenvalue weighted by atomic mass is 16.5. The number of methoxy groups -OCH3 is 1. The van der Waals surface area contributed by atoms with Crippen LogP contribution in [0, 0.1) is 0 Å². The highest BCUT2D eigenvalue weighted by molar-refractivity contribution is 5.88. The Morgan fingerprint density at radius 2 is 2.32 bits per heavy atom. The van der Waals surface area contributed by atoms with Crippen molar-refractivity contribution in [3.63, 3.8) is 0 Å². The first-order valence-corrected chi connectivity index (χ1v) is 5.51. The molecule has 19 heavy (non-hydrogen) atoms. The van der Waals surface area contributed by atoms with Crippen LogP contribution in [0.5, 0.6) is 5.75 Å². The highest BCUT2D eigenvalue weighted by Crippen LogP contribution is 2.14. The minimum atomic E-state index is -0.488. The average Bonchev–Trinajstić information content (AvgIpc) is 2.88. The molecule has 0 unspecified atom stereocenters. The predicted octanol–water partition coefficient (Wildman–Crippen LogP) is 0.141.